The van der Waals surface area contributed by atoms with Crippen LogP contribution in [0.25, 0.3) is 0 Å². The Morgan fingerprint density at radius 1 is 1.05 bits per heavy atom. The first-order valence-electron chi connectivity index (χ1n) is 7.05. The largest absolute Gasteiger partial charge is 0.494 e. The maximum atomic E-state index is 13.5. The number of hydrogen-bond acceptors (Lipinski definition) is 2. The van der Waals surface area contributed by atoms with Crippen LogP contribution in [0.3, 0.4) is 0 Å². The van der Waals surface area contributed by atoms with E-state index >= 15 is 0 Å². The first-order valence-corrected chi connectivity index (χ1v) is 7.05. The molecule has 0 fully saturated rings. The van der Waals surface area contributed by atoms with Crippen LogP contribution in [0, 0.1) is 11.6 Å². The summed E-state index contributed by atoms with van der Waals surface area (Å²) >= 11 is 0. The number of rotatable bonds is 7. The molecule has 21 heavy (non-hydrogen) atoms. The lowest BCUT2D eigenvalue weighted by molar-refractivity contribution is 0.317. The van der Waals surface area contributed by atoms with E-state index in [1.165, 1.54) is 12.1 Å². The van der Waals surface area contributed by atoms with Crippen molar-refractivity contribution in [1.82, 2.24) is 5.32 Å². The normalized spacial score (nSPS) is 10.6. The predicted octanol–water partition coefficient (Wildman–Crippen LogP) is 4.04. The van der Waals surface area contributed by atoms with Gasteiger partial charge in [-0.1, -0.05) is 25.1 Å². The van der Waals surface area contributed by atoms with E-state index in [1.807, 2.05) is 24.3 Å². The molecule has 0 saturated heterocycles. The maximum Gasteiger partial charge on any atom is 0.130 e. The SMILES string of the molecule is CCCOc1cccc(CNCc2ccc(F)cc2F)c1. The van der Waals surface area contributed by atoms with Crippen molar-refractivity contribution < 1.29 is 13.5 Å². The van der Waals surface area contributed by atoms with Gasteiger partial charge in [0.1, 0.15) is 17.4 Å². The van der Waals surface area contributed by atoms with E-state index in [2.05, 4.69) is 12.2 Å². The van der Waals surface area contributed by atoms with Crippen LogP contribution in [0.4, 0.5) is 8.78 Å². The van der Waals surface area contributed by atoms with Crippen molar-refractivity contribution in [2.24, 2.45) is 0 Å². The Morgan fingerprint density at radius 3 is 2.67 bits per heavy atom. The summed E-state index contributed by atoms with van der Waals surface area (Å²) in [5, 5.41) is 3.14. The van der Waals surface area contributed by atoms with Crippen molar-refractivity contribution in [2.75, 3.05) is 6.61 Å². The van der Waals surface area contributed by atoms with E-state index in [0.717, 1.165) is 23.8 Å². The van der Waals surface area contributed by atoms with Gasteiger partial charge in [-0.25, -0.2) is 8.78 Å². The molecule has 1 N–H and O–H groups in total. The molecular weight excluding hydrogens is 272 g/mol. The summed E-state index contributed by atoms with van der Waals surface area (Å²) in [6.07, 6.45) is 0.965. The standard InChI is InChI=1S/C17H19F2NO/c1-2-8-21-16-5-3-4-13(9-16)11-20-12-14-6-7-15(18)10-17(14)19/h3-7,9-10,20H,2,8,11-12H2,1H3. The van der Waals surface area contributed by atoms with Crippen molar-refractivity contribution in [1.29, 1.82) is 0 Å². The third-order valence-corrected chi connectivity index (χ3v) is 3.03. The van der Waals surface area contributed by atoms with Gasteiger partial charge in [0, 0.05) is 24.7 Å². The van der Waals surface area contributed by atoms with Crippen LogP contribution in [0.1, 0.15) is 24.5 Å². The zero-order valence-corrected chi connectivity index (χ0v) is 12.0. The van der Waals surface area contributed by atoms with E-state index in [4.69, 9.17) is 4.74 Å². The van der Waals surface area contributed by atoms with Crippen molar-refractivity contribution in [2.45, 2.75) is 26.4 Å². The average molecular weight is 291 g/mol. The number of halogens is 2. The fourth-order valence-corrected chi connectivity index (χ4v) is 1.97. The van der Waals surface area contributed by atoms with Crippen LogP contribution >= 0.6 is 0 Å². The Morgan fingerprint density at radius 2 is 1.90 bits per heavy atom. The summed E-state index contributed by atoms with van der Waals surface area (Å²) < 4.78 is 31.8. The zero-order valence-electron chi connectivity index (χ0n) is 12.0. The Labute approximate surface area is 123 Å². The number of nitrogens with one attached hydrogen (secondary N) is 1. The molecule has 0 aliphatic carbocycles. The van der Waals surface area contributed by atoms with Crippen LogP contribution in [-0.4, -0.2) is 6.61 Å². The van der Waals surface area contributed by atoms with Crippen LogP contribution in [0.5, 0.6) is 5.75 Å². The van der Waals surface area contributed by atoms with Crippen molar-refractivity contribution >= 4 is 0 Å². The lowest BCUT2D eigenvalue weighted by atomic mass is 10.2. The summed E-state index contributed by atoms with van der Waals surface area (Å²) in [6.45, 7) is 3.70. The monoisotopic (exact) mass is 291 g/mol. The first kappa shape index (κ1) is 15.4. The van der Waals surface area contributed by atoms with Gasteiger partial charge in [0.05, 0.1) is 6.61 Å². The second kappa shape index (κ2) is 7.74. The molecule has 2 rings (SSSR count). The van der Waals surface area contributed by atoms with Crippen LogP contribution in [0.15, 0.2) is 42.5 Å². The summed E-state index contributed by atoms with van der Waals surface area (Å²) in [5.74, 6) is -0.247. The number of benzene rings is 2. The second-order valence-corrected chi connectivity index (χ2v) is 4.84. The molecule has 0 aliphatic rings. The third-order valence-electron chi connectivity index (χ3n) is 3.03. The Hall–Kier alpha value is -1.94. The molecule has 2 aromatic carbocycles. The minimum Gasteiger partial charge on any atom is -0.494 e. The third kappa shape index (κ3) is 4.83. The van der Waals surface area contributed by atoms with Gasteiger partial charge in [-0.15, -0.1) is 0 Å². The fourth-order valence-electron chi connectivity index (χ4n) is 1.97. The van der Waals surface area contributed by atoms with Gasteiger partial charge in [-0.05, 0) is 30.2 Å². The predicted molar refractivity (Wildman–Crippen MR) is 79.1 cm³/mol. The van der Waals surface area contributed by atoms with E-state index in [0.29, 0.717) is 25.3 Å². The van der Waals surface area contributed by atoms with E-state index in [1.54, 1.807) is 0 Å². The van der Waals surface area contributed by atoms with E-state index in [-0.39, 0.29) is 0 Å². The van der Waals surface area contributed by atoms with E-state index < -0.39 is 11.6 Å². The number of hydrogen-bond donors (Lipinski definition) is 1. The molecule has 0 bridgehead atoms. The molecule has 0 atom stereocenters. The second-order valence-electron chi connectivity index (χ2n) is 4.84. The minimum absolute atomic E-state index is 0.353. The minimum atomic E-state index is -0.558. The maximum absolute atomic E-state index is 13.5. The van der Waals surface area contributed by atoms with Gasteiger partial charge in [0.15, 0.2) is 0 Å². The summed E-state index contributed by atoms with van der Waals surface area (Å²) in [4.78, 5) is 0. The molecule has 0 amide bonds. The van der Waals surface area contributed by atoms with Gasteiger partial charge in [-0.2, -0.15) is 0 Å². The molecule has 0 spiro atoms. The van der Waals surface area contributed by atoms with Gasteiger partial charge < -0.3 is 10.1 Å². The van der Waals surface area contributed by atoms with Crippen molar-refractivity contribution in [3.05, 3.63) is 65.2 Å². The Bertz CT molecular complexity index is 587. The zero-order chi connectivity index (χ0) is 15.1. The van der Waals surface area contributed by atoms with Crippen LogP contribution < -0.4 is 10.1 Å². The molecule has 0 aliphatic heterocycles. The highest BCUT2D eigenvalue weighted by molar-refractivity contribution is 5.28. The highest BCUT2D eigenvalue weighted by Gasteiger charge is 2.03. The van der Waals surface area contributed by atoms with Crippen molar-refractivity contribution in [3.8, 4) is 5.75 Å². The van der Waals surface area contributed by atoms with Crippen LogP contribution in [0.2, 0.25) is 0 Å². The topological polar surface area (TPSA) is 21.3 Å². The smallest absolute Gasteiger partial charge is 0.130 e. The fraction of sp³-hybridized carbons (Fsp3) is 0.294. The molecule has 4 heteroatoms. The van der Waals surface area contributed by atoms with E-state index in [9.17, 15) is 8.78 Å². The Kier molecular flexibility index (Phi) is 5.69. The molecular formula is C17H19F2NO. The first-order chi connectivity index (χ1) is 10.2. The van der Waals surface area contributed by atoms with Gasteiger partial charge in [0.25, 0.3) is 0 Å². The quantitative estimate of drug-likeness (QED) is 0.831. The molecule has 112 valence electrons. The van der Waals surface area contributed by atoms with Gasteiger partial charge in [-0.3, -0.25) is 0 Å². The summed E-state index contributed by atoms with van der Waals surface area (Å²) in [6, 6.07) is 11.4. The highest BCUT2D eigenvalue weighted by atomic mass is 19.1. The lowest BCUT2D eigenvalue weighted by Crippen LogP contribution is -2.14. The van der Waals surface area contributed by atoms with Crippen LogP contribution in [-0.2, 0) is 13.1 Å². The van der Waals surface area contributed by atoms with Gasteiger partial charge >= 0.3 is 0 Å². The summed E-state index contributed by atoms with van der Waals surface area (Å²) in [7, 11) is 0. The van der Waals surface area contributed by atoms with Crippen molar-refractivity contribution in [3.63, 3.8) is 0 Å². The molecule has 2 nitrogen and oxygen atoms in total. The lowest BCUT2D eigenvalue weighted by Gasteiger charge is -2.09. The molecule has 0 aromatic heterocycles. The Balaban J connectivity index is 1.88. The molecule has 0 heterocycles. The highest BCUT2D eigenvalue weighted by Crippen LogP contribution is 2.14. The average Bonchev–Trinajstić information content (AvgIpc) is 2.48. The molecule has 0 radical (unpaired) electrons. The van der Waals surface area contributed by atoms with Gasteiger partial charge in [0.2, 0.25) is 0 Å². The molecule has 2 aromatic rings. The molecule has 0 saturated carbocycles. The molecule has 0 unspecified atom stereocenters. The summed E-state index contributed by atoms with van der Waals surface area (Å²) in [5.41, 5.74) is 1.51. The number of ether oxygens (including phenoxy) is 1.